The summed E-state index contributed by atoms with van der Waals surface area (Å²) >= 11 is 0. The molecule has 0 bridgehead atoms. The van der Waals surface area contributed by atoms with E-state index in [4.69, 9.17) is 4.74 Å². The lowest BCUT2D eigenvalue weighted by Crippen LogP contribution is -2.28. The second kappa shape index (κ2) is 7.70. The molecule has 25 heavy (non-hydrogen) atoms. The van der Waals surface area contributed by atoms with Crippen LogP contribution in [0.5, 0.6) is 5.75 Å². The number of benzene rings is 2. The van der Waals surface area contributed by atoms with Crippen LogP contribution in [0.2, 0.25) is 0 Å². The van der Waals surface area contributed by atoms with Crippen LogP contribution < -0.4 is 10.1 Å². The Balaban J connectivity index is 2.18. The van der Waals surface area contributed by atoms with Crippen LogP contribution in [0.3, 0.4) is 0 Å². The van der Waals surface area contributed by atoms with Crippen LogP contribution >= 0.6 is 0 Å². The summed E-state index contributed by atoms with van der Waals surface area (Å²) in [6.07, 6.45) is 1.87. The van der Waals surface area contributed by atoms with Gasteiger partial charge in [-0.15, -0.1) is 0 Å². The van der Waals surface area contributed by atoms with Crippen molar-refractivity contribution in [1.82, 2.24) is 5.32 Å². The summed E-state index contributed by atoms with van der Waals surface area (Å²) in [6.45, 7) is 3.85. The molecule has 0 radical (unpaired) electrons. The Morgan fingerprint density at radius 1 is 1.16 bits per heavy atom. The Morgan fingerprint density at radius 2 is 1.80 bits per heavy atom. The summed E-state index contributed by atoms with van der Waals surface area (Å²) in [4.78, 5) is 12.8. The number of aryl methyl sites for hydroxylation is 1. The fourth-order valence-corrected chi connectivity index (χ4v) is 3.26. The first-order valence-corrected chi connectivity index (χ1v) is 9.91. The maximum Gasteiger partial charge on any atom is 0.251 e. The maximum atomic E-state index is 12.5. The van der Waals surface area contributed by atoms with Gasteiger partial charge < -0.3 is 10.1 Å². The predicted molar refractivity (Wildman–Crippen MR) is 97.8 cm³/mol. The fourth-order valence-electron chi connectivity index (χ4n) is 2.63. The van der Waals surface area contributed by atoms with Gasteiger partial charge >= 0.3 is 0 Å². The molecule has 1 unspecified atom stereocenters. The van der Waals surface area contributed by atoms with Crippen molar-refractivity contribution < 1.29 is 17.9 Å². The van der Waals surface area contributed by atoms with Gasteiger partial charge in [0, 0.05) is 11.8 Å². The first kappa shape index (κ1) is 19.0. The molecular formula is C19H23NO4S. The number of amides is 1. The normalized spacial score (nSPS) is 12.5. The summed E-state index contributed by atoms with van der Waals surface area (Å²) in [5, 5.41) is 2.99. The van der Waals surface area contributed by atoms with E-state index in [0.29, 0.717) is 12.0 Å². The standard InChI is InChI=1S/C19H23NO4S/c1-5-17(14-6-9-16(10-7-14)25(4,22)23)20-19(21)15-8-11-18(24-3)13(2)12-15/h6-12,17H,5H2,1-4H3,(H,20,21). The van der Waals surface area contributed by atoms with Crippen LogP contribution in [0.15, 0.2) is 47.4 Å². The molecule has 1 atom stereocenters. The lowest BCUT2D eigenvalue weighted by molar-refractivity contribution is 0.0935. The summed E-state index contributed by atoms with van der Waals surface area (Å²) < 4.78 is 28.3. The average Bonchev–Trinajstić information content (AvgIpc) is 2.58. The lowest BCUT2D eigenvalue weighted by Gasteiger charge is -2.18. The van der Waals surface area contributed by atoms with Crippen LogP contribution in [0, 0.1) is 6.92 Å². The molecule has 2 rings (SSSR count). The van der Waals surface area contributed by atoms with Gasteiger partial charge in [0.05, 0.1) is 18.0 Å². The number of hydrogen-bond acceptors (Lipinski definition) is 4. The highest BCUT2D eigenvalue weighted by Gasteiger charge is 2.16. The molecule has 2 aromatic carbocycles. The minimum atomic E-state index is -3.23. The van der Waals surface area contributed by atoms with Crippen LogP contribution in [0.25, 0.3) is 0 Å². The van der Waals surface area contributed by atoms with Crippen molar-refractivity contribution in [2.24, 2.45) is 0 Å². The Morgan fingerprint density at radius 3 is 2.28 bits per heavy atom. The quantitative estimate of drug-likeness (QED) is 0.857. The number of methoxy groups -OCH3 is 1. The second-order valence-electron chi connectivity index (χ2n) is 5.96. The summed E-state index contributed by atoms with van der Waals surface area (Å²) in [5.74, 6) is 0.560. The number of nitrogens with one attached hydrogen (secondary N) is 1. The number of hydrogen-bond donors (Lipinski definition) is 1. The zero-order valence-corrected chi connectivity index (χ0v) is 15.7. The topological polar surface area (TPSA) is 72.5 Å². The first-order valence-electron chi connectivity index (χ1n) is 8.01. The molecule has 5 nitrogen and oxygen atoms in total. The van der Waals surface area contributed by atoms with Gasteiger partial charge in [-0.2, -0.15) is 0 Å². The SMILES string of the molecule is CCC(NC(=O)c1ccc(OC)c(C)c1)c1ccc(S(C)(=O)=O)cc1. The van der Waals surface area contributed by atoms with Crippen LogP contribution in [0.4, 0.5) is 0 Å². The van der Waals surface area contributed by atoms with E-state index in [9.17, 15) is 13.2 Å². The third kappa shape index (κ3) is 4.60. The van der Waals surface area contributed by atoms with E-state index in [0.717, 1.165) is 16.9 Å². The van der Waals surface area contributed by atoms with Crippen molar-refractivity contribution >= 4 is 15.7 Å². The van der Waals surface area contributed by atoms with Gasteiger partial charge in [-0.3, -0.25) is 4.79 Å². The highest BCUT2D eigenvalue weighted by molar-refractivity contribution is 7.90. The number of sulfone groups is 1. The van der Waals surface area contributed by atoms with Gasteiger partial charge in [-0.05, 0) is 54.8 Å². The minimum absolute atomic E-state index is 0.176. The van der Waals surface area contributed by atoms with Gasteiger partial charge in [-0.1, -0.05) is 19.1 Å². The molecule has 134 valence electrons. The van der Waals surface area contributed by atoms with Crippen molar-refractivity contribution in [2.45, 2.75) is 31.2 Å². The maximum absolute atomic E-state index is 12.5. The van der Waals surface area contributed by atoms with E-state index in [1.54, 1.807) is 49.6 Å². The molecule has 0 saturated carbocycles. The van der Waals surface area contributed by atoms with Crippen molar-refractivity contribution in [3.63, 3.8) is 0 Å². The molecule has 0 fully saturated rings. The Kier molecular flexibility index (Phi) is 5.85. The molecule has 0 aliphatic heterocycles. The van der Waals surface area contributed by atoms with Gasteiger partial charge in [-0.25, -0.2) is 8.42 Å². The molecule has 0 spiro atoms. The van der Waals surface area contributed by atoms with E-state index in [2.05, 4.69) is 5.32 Å². The van der Waals surface area contributed by atoms with Gasteiger partial charge in [0.1, 0.15) is 5.75 Å². The van der Waals surface area contributed by atoms with E-state index in [1.807, 2.05) is 13.8 Å². The van der Waals surface area contributed by atoms with Crippen LogP contribution in [-0.2, 0) is 9.84 Å². The Hall–Kier alpha value is -2.34. The summed E-state index contributed by atoms with van der Waals surface area (Å²) in [7, 11) is -1.64. The summed E-state index contributed by atoms with van der Waals surface area (Å²) in [6, 6.07) is 11.7. The highest BCUT2D eigenvalue weighted by atomic mass is 32.2. The van der Waals surface area contributed by atoms with E-state index in [-0.39, 0.29) is 16.8 Å². The van der Waals surface area contributed by atoms with Crippen LogP contribution in [0.1, 0.15) is 40.9 Å². The van der Waals surface area contributed by atoms with Gasteiger partial charge in [0.2, 0.25) is 0 Å². The van der Waals surface area contributed by atoms with Crippen molar-refractivity contribution in [1.29, 1.82) is 0 Å². The largest absolute Gasteiger partial charge is 0.496 e. The molecule has 1 amide bonds. The third-order valence-corrected chi connectivity index (χ3v) is 5.21. The molecule has 1 N–H and O–H groups in total. The van der Waals surface area contributed by atoms with E-state index >= 15 is 0 Å². The molecule has 0 aliphatic carbocycles. The van der Waals surface area contributed by atoms with Crippen molar-refractivity contribution in [2.75, 3.05) is 13.4 Å². The number of carbonyl (C=O) groups excluding carboxylic acids is 1. The number of ether oxygens (including phenoxy) is 1. The van der Waals surface area contributed by atoms with E-state index in [1.165, 1.54) is 6.26 Å². The fraction of sp³-hybridized carbons (Fsp3) is 0.316. The van der Waals surface area contributed by atoms with E-state index < -0.39 is 9.84 Å². The Labute approximate surface area is 148 Å². The average molecular weight is 361 g/mol. The molecule has 0 saturated heterocycles. The second-order valence-corrected chi connectivity index (χ2v) is 7.98. The van der Waals surface area contributed by atoms with Gasteiger partial charge in [0.15, 0.2) is 9.84 Å². The zero-order chi connectivity index (χ0) is 18.6. The van der Waals surface area contributed by atoms with Crippen molar-refractivity contribution in [3.05, 3.63) is 59.2 Å². The first-order chi connectivity index (χ1) is 11.8. The molecule has 2 aromatic rings. The molecule has 0 aromatic heterocycles. The zero-order valence-electron chi connectivity index (χ0n) is 14.9. The monoisotopic (exact) mass is 361 g/mol. The molecule has 0 heterocycles. The minimum Gasteiger partial charge on any atom is -0.496 e. The smallest absolute Gasteiger partial charge is 0.251 e. The molecular weight excluding hydrogens is 338 g/mol. The number of rotatable bonds is 6. The highest BCUT2D eigenvalue weighted by Crippen LogP contribution is 2.22. The van der Waals surface area contributed by atoms with Gasteiger partial charge in [0.25, 0.3) is 5.91 Å². The van der Waals surface area contributed by atoms with Crippen LogP contribution in [-0.4, -0.2) is 27.7 Å². The predicted octanol–water partition coefficient (Wildman–Crippen LogP) is 3.29. The van der Waals surface area contributed by atoms with Crippen molar-refractivity contribution in [3.8, 4) is 5.75 Å². The number of carbonyl (C=O) groups is 1. The third-order valence-electron chi connectivity index (χ3n) is 4.08. The summed E-state index contributed by atoms with van der Waals surface area (Å²) in [5.41, 5.74) is 2.32. The molecule has 0 aliphatic rings. The Bertz CT molecular complexity index is 857. The molecule has 6 heteroatoms. The lowest BCUT2D eigenvalue weighted by atomic mass is 10.0.